The molecule has 1 unspecified atom stereocenters. The topological polar surface area (TPSA) is 3.24 Å². The van der Waals surface area contributed by atoms with Crippen LogP contribution in [0.5, 0.6) is 0 Å². The number of rotatable bonds is 4. The van der Waals surface area contributed by atoms with Gasteiger partial charge in [0.25, 0.3) is 0 Å². The van der Waals surface area contributed by atoms with Gasteiger partial charge in [-0.1, -0.05) is 31.7 Å². The van der Waals surface area contributed by atoms with Crippen LogP contribution >= 0.6 is 0 Å². The molecule has 0 heterocycles. The third kappa shape index (κ3) is 4.81. The zero-order valence-corrected chi connectivity index (χ0v) is 12.6. The summed E-state index contributed by atoms with van der Waals surface area (Å²) in [6.45, 7) is 8.17. The highest BCUT2D eigenvalue weighted by Crippen LogP contribution is 2.26. The molecule has 1 heteroatoms. The fourth-order valence-electron chi connectivity index (χ4n) is 2.15. The molecule has 1 atom stereocenters. The Morgan fingerprint density at radius 1 is 1.53 bits per heavy atom. The maximum absolute atomic E-state index is 3.92. The van der Waals surface area contributed by atoms with Crippen molar-refractivity contribution in [3.05, 3.63) is 65.6 Å². The van der Waals surface area contributed by atoms with Crippen LogP contribution in [-0.4, -0.2) is 19.0 Å². The van der Waals surface area contributed by atoms with Gasteiger partial charge in [0, 0.05) is 20.3 Å². The summed E-state index contributed by atoms with van der Waals surface area (Å²) < 4.78 is 0. The van der Waals surface area contributed by atoms with Crippen LogP contribution in [0.2, 0.25) is 0 Å². The Labute approximate surface area is 118 Å². The van der Waals surface area contributed by atoms with Crippen molar-refractivity contribution in [3.8, 4) is 0 Å². The van der Waals surface area contributed by atoms with Crippen molar-refractivity contribution in [1.82, 2.24) is 4.90 Å². The van der Waals surface area contributed by atoms with Gasteiger partial charge >= 0.3 is 0 Å². The van der Waals surface area contributed by atoms with Crippen molar-refractivity contribution in [2.24, 2.45) is 5.92 Å². The lowest BCUT2D eigenvalue weighted by molar-refractivity contribution is 0.561. The molecular weight excluding hydrogens is 230 g/mol. The number of nitrogens with zero attached hydrogens (tertiary/aromatic N) is 1. The van der Waals surface area contributed by atoms with Gasteiger partial charge in [0.15, 0.2) is 0 Å². The Bertz CT molecular complexity index is 466. The average Bonchev–Trinajstić information content (AvgIpc) is 2.58. The number of hydrogen-bond acceptors (Lipinski definition) is 1. The molecule has 0 amide bonds. The Balaban J connectivity index is 3.22. The summed E-state index contributed by atoms with van der Waals surface area (Å²) in [7, 11) is 4.06. The summed E-state index contributed by atoms with van der Waals surface area (Å²) >= 11 is 0. The normalized spacial score (nSPS) is 19.4. The van der Waals surface area contributed by atoms with Gasteiger partial charge in [-0.3, -0.25) is 0 Å². The molecule has 1 rings (SSSR count). The number of allylic oxidation sites excluding steroid dienone is 7. The molecule has 0 bridgehead atoms. The monoisotopic (exact) mass is 255 g/mol. The van der Waals surface area contributed by atoms with E-state index in [2.05, 4.69) is 43.7 Å². The van der Waals surface area contributed by atoms with E-state index in [-0.39, 0.29) is 0 Å². The van der Waals surface area contributed by atoms with Crippen LogP contribution in [-0.2, 0) is 0 Å². The van der Waals surface area contributed by atoms with Gasteiger partial charge in [-0.05, 0) is 54.6 Å². The van der Waals surface area contributed by atoms with Crippen LogP contribution in [0, 0.1) is 5.92 Å². The first-order valence-corrected chi connectivity index (χ1v) is 6.91. The maximum atomic E-state index is 3.92. The van der Waals surface area contributed by atoms with Crippen LogP contribution < -0.4 is 0 Å². The second kappa shape index (κ2) is 7.66. The maximum Gasteiger partial charge on any atom is 0.00645 e. The standard InChI is InChI=1S/C18H25N/c1-6-9-16-12-15(7-2)10-11-18(13-16)17(8-3)14-19(4)5/h6,8,10-11,13-15H,3,7,12H2,1-2,4-5H3/b17-14+. The largest absolute Gasteiger partial charge is 0.383 e. The van der Waals surface area contributed by atoms with Crippen LogP contribution in [0.1, 0.15) is 26.7 Å². The minimum absolute atomic E-state index is 0.599. The minimum Gasteiger partial charge on any atom is -0.383 e. The molecule has 0 fully saturated rings. The van der Waals surface area contributed by atoms with Crippen molar-refractivity contribution in [1.29, 1.82) is 0 Å². The van der Waals surface area contributed by atoms with E-state index in [0.29, 0.717) is 5.92 Å². The summed E-state index contributed by atoms with van der Waals surface area (Å²) in [6.07, 6.45) is 15.0. The third-order valence-corrected chi connectivity index (χ3v) is 3.16. The lowest BCUT2D eigenvalue weighted by atomic mass is 9.98. The molecule has 19 heavy (non-hydrogen) atoms. The Morgan fingerprint density at radius 2 is 2.26 bits per heavy atom. The molecule has 1 nitrogen and oxygen atoms in total. The van der Waals surface area contributed by atoms with Gasteiger partial charge in [0.1, 0.15) is 0 Å². The fourth-order valence-corrected chi connectivity index (χ4v) is 2.15. The smallest absolute Gasteiger partial charge is 0.00645 e. The molecule has 0 aliphatic heterocycles. The van der Waals surface area contributed by atoms with E-state index in [4.69, 9.17) is 0 Å². The summed E-state index contributed by atoms with van der Waals surface area (Å²) in [5.74, 6) is 0.599. The zero-order chi connectivity index (χ0) is 14.3. The molecule has 0 saturated carbocycles. The SMILES string of the molecule is C=C/C(=C\N(C)C)C1=CC(=C=CC)CC(CC)C=C1. The van der Waals surface area contributed by atoms with Crippen LogP contribution in [0.3, 0.4) is 0 Å². The van der Waals surface area contributed by atoms with Crippen molar-refractivity contribution in [2.45, 2.75) is 26.7 Å². The predicted octanol–water partition coefficient (Wildman–Crippen LogP) is 4.63. The molecule has 0 radical (unpaired) electrons. The lowest BCUT2D eigenvalue weighted by Gasteiger charge is -2.09. The first-order valence-electron chi connectivity index (χ1n) is 6.91. The van der Waals surface area contributed by atoms with Crippen molar-refractivity contribution in [3.63, 3.8) is 0 Å². The minimum atomic E-state index is 0.599. The van der Waals surface area contributed by atoms with Gasteiger partial charge < -0.3 is 4.90 Å². The van der Waals surface area contributed by atoms with E-state index in [1.807, 2.05) is 38.1 Å². The molecule has 0 aromatic rings. The lowest BCUT2D eigenvalue weighted by Crippen LogP contribution is -2.03. The summed E-state index contributed by atoms with van der Waals surface area (Å²) in [4.78, 5) is 2.05. The quantitative estimate of drug-likeness (QED) is 0.523. The molecular formula is C18H25N. The van der Waals surface area contributed by atoms with Gasteiger partial charge in [-0.2, -0.15) is 0 Å². The van der Waals surface area contributed by atoms with Crippen molar-refractivity contribution >= 4 is 0 Å². The van der Waals surface area contributed by atoms with Crippen LogP contribution in [0.15, 0.2) is 65.6 Å². The van der Waals surface area contributed by atoms with Gasteiger partial charge in [0.05, 0.1) is 0 Å². The van der Waals surface area contributed by atoms with E-state index in [1.165, 1.54) is 11.1 Å². The highest BCUT2D eigenvalue weighted by Gasteiger charge is 2.11. The van der Waals surface area contributed by atoms with E-state index in [0.717, 1.165) is 18.4 Å². The summed E-state index contributed by atoms with van der Waals surface area (Å²) in [5.41, 5.74) is 6.97. The van der Waals surface area contributed by atoms with Crippen molar-refractivity contribution < 1.29 is 0 Å². The van der Waals surface area contributed by atoms with E-state index in [9.17, 15) is 0 Å². The first kappa shape index (κ1) is 15.3. The average molecular weight is 255 g/mol. The molecule has 102 valence electrons. The molecule has 0 aromatic heterocycles. The van der Waals surface area contributed by atoms with E-state index < -0.39 is 0 Å². The van der Waals surface area contributed by atoms with Gasteiger partial charge in [-0.25, -0.2) is 0 Å². The first-order chi connectivity index (χ1) is 9.10. The Hall–Kier alpha value is -1.72. The van der Waals surface area contributed by atoms with Gasteiger partial charge in [0.2, 0.25) is 0 Å². The molecule has 1 aliphatic rings. The summed E-state index contributed by atoms with van der Waals surface area (Å²) in [6, 6.07) is 0. The second-order valence-electron chi connectivity index (χ2n) is 5.04. The molecule has 0 N–H and O–H groups in total. The molecule has 0 spiro atoms. The van der Waals surface area contributed by atoms with Crippen molar-refractivity contribution in [2.75, 3.05) is 14.1 Å². The van der Waals surface area contributed by atoms with E-state index >= 15 is 0 Å². The third-order valence-electron chi connectivity index (χ3n) is 3.16. The highest BCUT2D eigenvalue weighted by atomic mass is 15.0. The Morgan fingerprint density at radius 3 is 2.79 bits per heavy atom. The highest BCUT2D eigenvalue weighted by molar-refractivity contribution is 5.50. The second-order valence-corrected chi connectivity index (χ2v) is 5.04. The summed E-state index contributed by atoms with van der Waals surface area (Å²) in [5, 5.41) is 0. The fraction of sp³-hybridized carbons (Fsp3) is 0.389. The molecule has 1 aliphatic carbocycles. The number of hydrogen-bond donors (Lipinski definition) is 0. The predicted molar refractivity (Wildman–Crippen MR) is 84.9 cm³/mol. The molecule has 0 saturated heterocycles. The van der Waals surface area contributed by atoms with Crippen LogP contribution in [0.25, 0.3) is 0 Å². The molecule has 0 aromatic carbocycles. The van der Waals surface area contributed by atoms with Crippen LogP contribution in [0.4, 0.5) is 0 Å². The van der Waals surface area contributed by atoms with Gasteiger partial charge in [-0.15, -0.1) is 5.73 Å². The van der Waals surface area contributed by atoms with E-state index in [1.54, 1.807) is 0 Å². The zero-order valence-electron chi connectivity index (χ0n) is 12.6. The Kier molecular flexibility index (Phi) is 6.18.